The maximum atomic E-state index is 11.8. The normalized spacial score (nSPS) is 12.5. The lowest BCUT2D eigenvalue weighted by molar-refractivity contribution is -0.128. The monoisotopic (exact) mass is 220 g/mol. The van der Waals surface area contributed by atoms with Crippen LogP contribution in [0.2, 0.25) is 0 Å². The fourth-order valence-corrected chi connectivity index (χ4v) is 1.86. The topological polar surface area (TPSA) is 26.3 Å². The van der Waals surface area contributed by atoms with Gasteiger partial charge in [0.25, 0.3) is 0 Å². The fourth-order valence-electron chi connectivity index (χ4n) is 1.86. The molecule has 0 spiro atoms. The average Bonchev–Trinajstić information content (AvgIpc) is 2.16. The number of ketones is 1. The molecule has 1 unspecified atom stereocenters. The minimum Gasteiger partial charge on any atom is -0.371 e. The molecule has 0 N–H and O–H groups in total. The number of rotatable bonds is 5. The van der Waals surface area contributed by atoms with Crippen molar-refractivity contribution in [2.45, 2.75) is 40.2 Å². The third-order valence-corrected chi connectivity index (χ3v) is 2.53. The summed E-state index contributed by atoms with van der Waals surface area (Å²) in [4.78, 5) is 11.8. The largest absolute Gasteiger partial charge is 0.371 e. The molecule has 0 aliphatic rings. The summed E-state index contributed by atoms with van der Waals surface area (Å²) in [5.41, 5.74) is 3.48. The van der Waals surface area contributed by atoms with Gasteiger partial charge in [0, 0.05) is 13.0 Å². The number of carbonyl (C=O) groups is 1. The molecule has 0 bridgehead atoms. The molecule has 16 heavy (non-hydrogen) atoms. The van der Waals surface area contributed by atoms with Gasteiger partial charge >= 0.3 is 0 Å². The van der Waals surface area contributed by atoms with Crippen molar-refractivity contribution in [1.82, 2.24) is 0 Å². The smallest absolute Gasteiger partial charge is 0.165 e. The molecule has 0 saturated heterocycles. The number of benzene rings is 1. The second-order valence-corrected chi connectivity index (χ2v) is 4.24. The first kappa shape index (κ1) is 12.9. The van der Waals surface area contributed by atoms with Gasteiger partial charge in [0.2, 0.25) is 0 Å². The third-order valence-electron chi connectivity index (χ3n) is 2.53. The van der Waals surface area contributed by atoms with E-state index >= 15 is 0 Å². The van der Waals surface area contributed by atoms with Crippen molar-refractivity contribution in [3.63, 3.8) is 0 Å². The molecule has 2 heteroatoms. The second-order valence-electron chi connectivity index (χ2n) is 4.24. The quantitative estimate of drug-likeness (QED) is 0.762. The van der Waals surface area contributed by atoms with Gasteiger partial charge in [0.1, 0.15) is 6.10 Å². The Labute approximate surface area is 97.6 Å². The highest BCUT2D eigenvalue weighted by Crippen LogP contribution is 2.11. The minimum absolute atomic E-state index is 0.145. The summed E-state index contributed by atoms with van der Waals surface area (Å²) in [5, 5.41) is 0. The first-order valence-electron chi connectivity index (χ1n) is 5.74. The molecule has 0 aromatic heterocycles. The van der Waals surface area contributed by atoms with Crippen molar-refractivity contribution in [1.29, 1.82) is 0 Å². The summed E-state index contributed by atoms with van der Waals surface area (Å²) in [6.07, 6.45) is 0.162. The predicted molar refractivity (Wildman–Crippen MR) is 65.7 cm³/mol. The summed E-state index contributed by atoms with van der Waals surface area (Å²) >= 11 is 0. The Morgan fingerprint density at radius 2 is 1.81 bits per heavy atom. The number of hydrogen-bond acceptors (Lipinski definition) is 2. The molecule has 0 aliphatic heterocycles. The molecule has 0 radical (unpaired) electrons. The molecule has 0 amide bonds. The van der Waals surface area contributed by atoms with Crippen molar-refractivity contribution in [2.24, 2.45) is 0 Å². The van der Waals surface area contributed by atoms with Gasteiger partial charge in [-0.2, -0.15) is 0 Å². The lowest BCUT2D eigenvalue weighted by Crippen LogP contribution is -2.22. The Balaban J connectivity index is 2.69. The van der Waals surface area contributed by atoms with Crippen LogP contribution in [0.5, 0.6) is 0 Å². The fraction of sp³-hybridized carbons (Fsp3) is 0.500. The first-order chi connectivity index (χ1) is 7.52. The Morgan fingerprint density at radius 3 is 2.31 bits per heavy atom. The maximum absolute atomic E-state index is 11.8. The van der Waals surface area contributed by atoms with Gasteiger partial charge in [-0.1, -0.05) is 29.3 Å². The number of Topliss-reactive ketones (excluding diaryl/α,β-unsaturated/α-hetero) is 1. The van der Waals surface area contributed by atoms with Gasteiger partial charge in [0.15, 0.2) is 5.78 Å². The predicted octanol–water partition coefficient (Wildman–Crippen LogP) is 2.84. The van der Waals surface area contributed by atoms with E-state index < -0.39 is 0 Å². The number of aryl methyl sites for hydroxylation is 2. The van der Waals surface area contributed by atoms with Crippen molar-refractivity contribution in [3.8, 4) is 0 Å². The molecule has 0 saturated carbocycles. The zero-order valence-corrected chi connectivity index (χ0v) is 10.5. The highest BCUT2D eigenvalue weighted by Gasteiger charge is 2.13. The molecule has 0 fully saturated rings. The highest BCUT2D eigenvalue weighted by molar-refractivity contribution is 5.84. The van der Waals surface area contributed by atoms with Crippen LogP contribution >= 0.6 is 0 Å². The molecule has 0 heterocycles. The average molecular weight is 220 g/mol. The van der Waals surface area contributed by atoms with Crippen molar-refractivity contribution in [2.75, 3.05) is 6.61 Å². The lowest BCUT2D eigenvalue weighted by atomic mass is 10.0. The first-order valence-corrected chi connectivity index (χ1v) is 5.74. The standard InChI is InChI=1S/C14H20O2/c1-5-16-12(4)14(15)9-13-7-10(2)6-11(3)8-13/h6-8,12H,5,9H2,1-4H3. The molecule has 1 atom stereocenters. The van der Waals surface area contributed by atoms with E-state index in [9.17, 15) is 4.79 Å². The summed E-state index contributed by atoms with van der Waals surface area (Å²) < 4.78 is 5.29. The van der Waals surface area contributed by atoms with Gasteiger partial charge < -0.3 is 4.74 Å². The molecular weight excluding hydrogens is 200 g/mol. The van der Waals surface area contributed by atoms with Crippen LogP contribution in [-0.4, -0.2) is 18.5 Å². The Kier molecular flexibility index (Phi) is 4.69. The van der Waals surface area contributed by atoms with Crippen molar-refractivity contribution < 1.29 is 9.53 Å². The van der Waals surface area contributed by atoms with Gasteiger partial charge in [0.05, 0.1) is 0 Å². The number of carbonyl (C=O) groups excluding carboxylic acids is 1. The Hall–Kier alpha value is -1.15. The second kappa shape index (κ2) is 5.80. The summed E-state index contributed by atoms with van der Waals surface area (Å²) in [7, 11) is 0. The van der Waals surface area contributed by atoms with E-state index in [1.54, 1.807) is 0 Å². The molecule has 0 aliphatic carbocycles. The van der Waals surface area contributed by atoms with Gasteiger partial charge in [-0.05, 0) is 33.3 Å². The molecule has 1 aromatic rings. The van der Waals surface area contributed by atoms with Crippen LogP contribution in [0, 0.1) is 13.8 Å². The van der Waals surface area contributed by atoms with Crippen LogP contribution in [0.4, 0.5) is 0 Å². The van der Waals surface area contributed by atoms with Crippen LogP contribution in [0.25, 0.3) is 0 Å². The lowest BCUT2D eigenvalue weighted by Gasteiger charge is -2.11. The molecule has 88 valence electrons. The molecule has 1 aromatic carbocycles. The summed E-state index contributed by atoms with van der Waals surface area (Å²) in [5.74, 6) is 0.145. The number of hydrogen-bond donors (Lipinski definition) is 0. The van der Waals surface area contributed by atoms with Crippen LogP contribution < -0.4 is 0 Å². The Bertz CT molecular complexity index is 349. The van der Waals surface area contributed by atoms with Gasteiger partial charge in [-0.3, -0.25) is 4.79 Å². The minimum atomic E-state index is -0.300. The molecular formula is C14H20O2. The van der Waals surface area contributed by atoms with Gasteiger partial charge in [-0.15, -0.1) is 0 Å². The Morgan fingerprint density at radius 1 is 1.25 bits per heavy atom. The summed E-state index contributed by atoms with van der Waals surface area (Å²) in [6.45, 7) is 8.40. The SMILES string of the molecule is CCOC(C)C(=O)Cc1cc(C)cc(C)c1. The van der Waals surface area contributed by atoms with Crippen molar-refractivity contribution >= 4 is 5.78 Å². The van der Waals surface area contributed by atoms with E-state index in [0.717, 1.165) is 5.56 Å². The maximum Gasteiger partial charge on any atom is 0.165 e. The van der Waals surface area contributed by atoms with Crippen LogP contribution in [0.1, 0.15) is 30.5 Å². The highest BCUT2D eigenvalue weighted by atomic mass is 16.5. The number of ether oxygens (including phenoxy) is 1. The third kappa shape index (κ3) is 3.78. The van der Waals surface area contributed by atoms with Gasteiger partial charge in [-0.25, -0.2) is 0 Å². The van der Waals surface area contributed by atoms with E-state index in [0.29, 0.717) is 13.0 Å². The van der Waals surface area contributed by atoms with E-state index in [4.69, 9.17) is 4.74 Å². The van der Waals surface area contributed by atoms with E-state index in [2.05, 4.69) is 18.2 Å². The van der Waals surface area contributed by atoms with E-state index in [-0.39, 0.29) is 11.9 Å². The van der Waals surface area contributed by atoms with Crippen LogP contribution in [-0.2, 0) is 16.0 Å². The van der Waals surface area contributed by atoms with Crippen molar-refractivity contribution in [3.05, 3.63) is 34.9 Å². The molecule has 2 nitrogen and oxygen atoms in total. The molecule has 1 rings (SSSR count). The van der Waals surface area contributed by atoms with Crippen LogP contribution in [0.15, 0.2) is 18.2 Å². The van der Waals surface area contributed by atoms with E-state index in [1.807, 2.05) is 27.7 Å². The summed E-state index contributed by atoms with van der Waals surface area (Å²) in [6, 6.07) is 6.23. The zero-order valence-electron chi connectivity index (χ0n) is 10.5. The van der Waals surface area contributed by atoms with Crippen LogP contribution in [0.3, 0.4) is 0 Å². The van der Waals surface area contributed by atoms with E-state index in [1.165, 1.54) is 11.1 Å². The zero-order chi connectivity index (χ0) is 12.1.